The third-order valence-corrected chi connectivity index (χ3v) is 6.02. The van der Waals surface area contributed by atoms with E-state index in [1.165, 1.54) is 23.9 Å². The molecule has 3 aromatic rings. The Balaban J connectivity index is 1.50. The molecule has 0 saturated carbocycles. The number of carbonyl (C=O) groups excluding carboxylic acids is 1. The van der Waals surface area contributed by atoms with Crippen LogP contribution in [0.3, 0.4) is 0 Å². The van der Waals surface area contributed by atoms with Gasteiger partial charge in [-0.2, -0.15) is 0 Å². The number of hydrogen-bond donors (Lipinski definition) is 0. The number of amides is 1. The number of nitro groups is 1. The van der Waals surface area contributed by atoms with Crippen molar-refractivity contribution in [2.24, 2.45) is 0 Å². The van der Waals surface area contributed by atoms with Crippen molar-refractivity contribution in [2.45, 2.75) is 13.8 Å². The first-order valence-corrected chi connectivity index (χ1v) is 10.8. The Hall–Kier alpha value is -3.56. The van der Waals surface area contributed by atoms with E-state index < -0.39 is 4.92 Å². The Morgan fingerprint density at radius 3 is 2.50 bits per heavy atom. The van der Waals surface area contributed by atoms with Crippen molar-refractivity contribution in [1.29, 1.82) is 0 Å². The summed E-state index contributed by atoms with van der Waals surface area (Å²) in [6.07, 6.45) is 2.93. The van der Waals surface area contributed by atoms with Gasteiger partial charge in [0.1, 0.15) is 11.9 Å². The Kier molecular flexibility index (Phi) is 6.02. The van der Waals surface area contributed by atoms with Crippen molar-refractivity contribution in [3.8, 4) is 11.6 Å². The molecule has 1 aliphatic heterocycles. The zero-order chi connectivity index (χ0) is 22.8. The number of hydrogen-bond acceptors (Lipinski definition) is 7. The van der Waals surface area contributed by atoms with Crippen LogP contribution in [0, 0.1) is 24.0 Å². The summed E-state index contributed by atoms with van der Waals surface area (Å²) in [5, 5.41) is 10.7. The van der Waals surface area contributed by atoms with Gasteiger partial charge in [0.2, 0.25) is 5.88 Å². The molecule has 1 amide bonds. The quantitative estimate of drug-likeness (QED) is 0.204. The van der Waals surface area contributed by atoms with Gasteiger partial charge < -0.3 is 4.74 Å². The number of thioether (sulfide) groups is 1. The lowest BCUT2D eigenvalue weighted by atomic mass is 10.1. The van der Waals surface area contributed by atoms with Crippen molar-refractivity contribution < 1.29 is 14.5 Å². The highest BCUT2D eigenvalue weighted by Crippen LogP contribution is 2.37. The molecular weight excluding hydrogens is 446 g/mol. The molecule has 1 aromatic heterocycles. The highest BCUT2D eigenvalue weighted by molar-refractivity contribution is 8.27. The normalized spacial score (nSPS) is 14.8. The largest absolute Gasteiger partial charge is 0.439 e. The molecule has 32 heavy (non-hydrogen) atoms. The zero-order valence-corrected chi connectivity index (χ0v) is 18.8. The van der Waals surface area contributed by atoms with Crippen molar-refractivity contribution >= 4 is 51.7 Å². The Morgan fingerprint density at radius 1 is 1.12 bits per heavy atom. The Morgan fingerprint density at radius 2 is 1.88 bits per heavy atom. The maximum Gasteiger partial charge on any atom is 0.287 e. The van der Waals surface area contributed by atoms with Gasteiger partial charge in [0.05, 0.1) is 15.5 Å². The second kappa shape index (κ2) is 8.89. The minimum atomic E-state index is -0.519. The molecule has 2 heterocycles. The van der Waals surface area contributed by atoms with Gasteiger partial charge in [-0.25, -0.2) is 4.98 Å². The fourth-order valence-corrected chi connectivity index (χ4v) is 4.46. The summed E-state index contributed by atoms with van der Waals surface area (Å²) in [7, 11) is 0. The smallest absolute Gasteiger partial charge is 0.287 e. The van der Waals surface area contributed by atoms with Crippen molar-refractivity contribution in [2.75, 3.05) is 4.90 Å². The maximum absolute atomic E-state index is 13.0. The van der Waals surface area contributed by atoms with Crippen LogP contribution in [0.4, 0.5) is 11.4 Å². The monoisotopic (exact) mass is 463 g/mol. The number of thiocarbonyl (C=S) groups is 1. The van der Waals surface area contributed by atoms with E-state index >= 15 is 0 Å². The van der Waals surface area contributed by atoms with Gasteiger partial charge >= 0.3 is 0 Å². The lowest BCUT2D eigenvalue weighted by Crippen LogP contribution is -2.28. The minimum absolute atomic E-state index is 0.106. The topological polar surface area (TPSA) is 85.6 Å². The van der Waals surface area contributed by atoms with Crippen LogP contribution in [0.15, 0.2) is 65.7 Å². The molecule has 0 unspecified atom stereocenters. The predicted octanol–water partition coefficient (Wildman–Crippen LogP) is 5.80. The first kappa shape index (κ1) is 21.7. The fraction of sp³-hybridized carbons (Fsp3) is 0.0870. The molecule has 7 nitrogen and oxygen atoms in total. The molecule has 0 aliphatic carbocycles. The highest BCUT2D eigenvalue weighted by Gasteiger charge is 2.34. The van der Waals surface area contributed by atoms with Gasteiger partial charge in [-0.15, -0.1) is 0 Å². The molecule has 0 N–H and O–H groups in total. The predicted molar refractivity (Wildman–Crippen MR) is 129 cm³/mol. The molecule has 9 heteroatoms. The van der Waals surface area contributed by atoms with Crippen molar-refractivity contribution in [1.82, 2.24) is 4.98 Å². The van der Waals surface area contributed by atoms with Crippen LogP contribution in [0.2, 0.25) is 0 Å². The van der Waals surface area contributed by atoms with E-state index in [1.54, 1.807) is 23.1 Å². The lowest BCUT2D eigenvalue weighted by Gasteiger charge is -2.17. The standard InChI is InChI=1S/C23H17N3O4S2/c1-14-3-9-19(15(2)11-14)25-22(27)20(32-23(25)31)12-16-4-7-18(8-5-16)30-21-10-6-17(13-24-21)26(28)29/h3-13H,1-2H3/b20-12+. The van der Waals surface area contributed by atoms with Crippen LogP contribution < -0.4 is 9.64 Å². The van der Waals surface area contributed by atoms with Crippen molar-refractivity contribution in [3.05, 3.63) is 92.5 Å². The molecule has 1 fully saturated rings. The van der Waals surface area contributed by atoms with E-state index in [1.807, 2.05) is 44.2 Å². The summed E-state index contributed by atoms with van der Waals surface area (Å²) in [5.74, 6) is 0.617. The van der Waals surface area contributed by atoms with E-state index in [-0.39, 0.29) is 17.5 Å². The molecule has 160 valence electrons. The van der Waals surface area contributed by atoms with Crippen LogP contribution in [0.5, 0.6) is 11.6 Å². The summed E-state index contributed by atoms with van der Waals surface area (Å²) >= 11 is 6.73. The molecule has 4 rings (SSSR count). The fourth-order valence-electron chi connectivity index (χ4n) is 3.18. The molecule has 0 atom stereocenters. The number of pyridine rings is 1. The summed E-state index contributed by atoms with van der Waals surface area (Å²) < 4.78 is 6.12. The van der Waals surface area contributed by atoms with Crippen LogP contribution in [0.25, 0.3) is 6.08 Å². The Labute approximate surface area is 193 Å². The number of benzene rings is 2. The number of rotatable bonds is 5. The van der Waals surface area contributed by atoms with Gasteiger partial charge in [-0.1, -0.05) is 53.8 Å². The number of ether oxygens (including phenoxy) is 1. The van der Waals surface area contributed by atoms with Gasteiger partial charge in [0.15, 0.2) is 4.32 Å². The minimum Gasteiger partial charge on any atom is -0.439 e. The summed E-state index contributed by atoms with van der Waals surface area (Å²) in [6.45, 7) is 3.97. The zero-order valence-electron chi connectivity index (χ0n) is 17.1. The van der Waals surface area contributed by atoms with Crippen LogP contribution in [-0.4, -0.2) is 20.1 Å². The summed E-state index contributed by atoms with van der Waals surface area (Å²) in [5.41, 5.74) is 3.61. The number of carbonyl (C=O) groups is 1. The number of aromatic nitrogens is 1. The molecule has 1 aliphatic rings. The summed E-state index contributed by atoms with van der Waals surface area (Å²) in [6, 6.07) is 15.8. The van der Waals surface area contributed by atoms with Crippen molar-refractivity contribution in [3.63, 3.8) is 0 Å². The second-order valence-electron chi connectivity index (χ2n) is 7.09. The van der Waals surface area contributed by atoms with E-state index in [0.29, 0.717) is 15.0 Å². The van der Waals surface area contributed by atoms with E-state index in [4.69, 9.17) is 17.0 Å². The molecule has 0 radical (unpaired) electrons. The average Bonchev–Trinajstić information content (AvgIpc) is 3.03. The molecule has 0 spiro atoms. The van der Waals surface area contributed by atoms with Gasteiger partial charge in [0.25, 0.3) is 11.6 Å². The van der Waals surface area contributed by atoms with Gasteiger partial charge in [-0.05, 0) is 49.2 Å². The van der Waals surface area contributed by atoms with Crippen LogP contribution in [0.1, 0.15) is 16.7 Å². The van der Waals surface area contributed by atoms with Crippen LogP contribution >= 0.6 is 24.0 Å². The first-order chi connectivity index (χ1) is 15.3. The average molecular weight is 464 g/mol. The number of anilines is 1. The maximum atomic E-state index is 13.0. The second-order valence-corrected chi connectivity index (χ2v) is 8.77. The summed E-state index contributed by atoms with van der Waals surface area (Å²) in [4.78, 5) is 29.2. The molecule has 2 aromatic carbocycles. The highest BCUT2D eigenvalue weighted by atomic mass is 32.2. The number of aryl methyl sites for hydroxylation is 2. The van der Waals surface area contributed by atoms with Crippen LogP contribution in [-0.2, 0) is 4.79 Å². The van der Waals surface area contributed by atoms with Gasteiger partial charge in [-0.3, -0.25) is 19.8 Å². The van der Waals surface area contributed by atoms with Gasteiger partial charge in [0, 0.05) is 12.1 Å². The third kappa shape index (κ3) is 4.53. The van der Waals surface area contributed by atoms with E-state index in [2.05, 4.69) is 4.98 Å². The van der Waals surface area contributed by atoms with E-state index in [9.17, 15) is 14.9 Å². The molecule has 1 saturated heterocycles. The molecule has 0 bridgehead atoms. The van der Waals surface area contributed by atoms with E-state index in [0.717, 1.165) is 28.6 Å². The number of nitrogens with zero attached hydrogens (tertiary/aromatic N) is 3. The third-order valence-electron chi connectivity index (χ3n) is 4.72. The SMILES string of the molecule is Cc1ccc(N2C(=O)/C(=C\c3ccc(Oc4ccc([N+](=O)[O-])cn4)cc3)SC2=S)c(C)c1. The molecular formula is C23H17N3O4S2. The lowest BCUT2D eigenvalue weighted by molar-refractivity contribution is -0.385. The first-order valence-electron chi connectivity index (χ1n) is 9.55. The Bertz CT molecular complexity index is 1260.